The zero-order chi connectivity index (χ0) is 12.7. The molecule has 1 N–H and O–H groups in total. The Morgan fingerprint density at radius 1 is 1.76 bits per heavy atom. The average molecular weight is 300 g/mol. The van der Waals surface area contributed by atoms with Crippen molar-refractivity contribution in [2.45, 2.75) is 6.54 Å². The zero-order valence-corrected chi connectivity index (χ0v) is 11.2. The molecule has 0 aliphatic heterocycles. The Labute approximate surface area is 109 Å². The van der Waals surface area contributed by atoms with E-state index in [0.717, 1.165) is 0 Å². The topological polar surface area (TPSA) is 56.2 Å². The first-order chi connectivity index (χ1) is 8.20. The Bertz CT molecular complexity index is 423. The summed E-state index contributed by atoms with van der Waals surface area (Å²) in [5.74, 6) is 2.36. The second kappa shape index (κ2) is 7.22. The summed E-state index contributed by atoms with van der Waals surface area (Å²) in [6.07, 6.45) is 6.69. The molecule has 1 aromatic heterocycles. The number of ketones is 1. The second-order valence-corrected chi connectivity index (χ2v) is 4.14. The number of halogens is 1. The van der Waals surface area contributed by atoms with Crippen LogP contribution in [0.15, 0.2) is 10.7 Å². The largest absolute Gasteiger partial charge is 0.383 e. The van der Waals surface area contributed by atoms with Crippen LogP contribution in [0.2, 0.25) is 0 Å². The van der Waals surface area contributed by atoms with Crippen LogP contribution < -0.4 is 5.32 Å². The molecule has 1 rings (SSSR count). The Morgan fingerprint density at radius 3 is 3.18 bits per heavy atom. The molecule has 0 bridgehead atoms. The van der Waals surface area contributed by atoms with Crippen LogP contribution in [0.25, 0.3) is 0 Å². The van der Waals surface area contributed by atoms with E-state index in [1.165, 1.54) is 0 Å². The number of Topliss-reactive ketones (excluding diaryl/α,β-unsaturated/α-hetero) is 1. The van der Waals surface area contributed by atoms with Gasteiger partial charge in [0.25, 0.3) is 0 Å². The minimum absolute atomic E-state index is 0.0549. The first-order valence-corrected chi connectivity index (χ1v) is 5.87. The van der Waals surface area contributed by atoms with Gasteiger partial charge >= 0.3 is 0 Å². The van der Waals surface area contributed by atoms with Gasteiger partial charge in [0.15, 0.2) is 5.78 Å². The van der Waals surface area contributed by atoms with Gasteiger partial charge in [-0.15, -0.1) is 6.42 Å². The summed E-state index contributed by atoms with van der Waals surface area (Å²) < 4.78 is 7.26. The van der Waals surface area contributed by atoms with Crippen molar-refractivity contribution < 1.29 is 9.53 Å². The lowest BCUT2D eigenvalue weighted by molar-refractivity contribution is 0.0978. The van der Waals surface area contributed by atoms with Crippen molar-refractivity contribution in [1.29, 1.82) is 0 Å². The van der Waals surface area contributed by atoms with E-state index in [2.05, 4.69) is 32.3 Å². The molecule has 0 saturated carbocycles. The smallest absolute Gasteiger partial charge is 0.195 e. The normalized spacial score (nSPS) is 10.2. The number of aromatic nitrogens is 2. The zero-order valence-electron chi connectivity index (χ0n) is 9.57. The summed E-state index contributed by atoms with van der Waals surface area (Å²) in [6.45, 7) is 1.61. The van der Waals surface area contributed by atoms with Crippen molar-refractivity contribution in [3.8, 4) is 12.3 Å². The standard InChI is InChI=1S/C11H14BrN3O2/c1-3-4-13-8-10(16)11-9(12)7-14-15(11)5-6-17-2/h1,7,13H,4-6,8H2,2H3. The third-order valence-electron chi connectivity index (χ3n) is 2.08. The number of terminal acetylenes is 1. The molecule has 1 heterocycles. The number of rotatable bonds is 7. The molecule has 0 atom stereocenters. The van der Waals surface area contributed by atoms with E-state index < -0.39 is 0 Å². The molecule has 0 unspecified atom stereocenters. The first kappa shape index (κ1) is 13.9. The van der Waals surface area contributed by atoms with Crippen molar-refractivity contribution >= 4 is 21.7 Å². The highest BCUT2D eigenvalue weighted by molar-refractivity contribution is 9.10. The van der Waals surface area contributed by atoms with Crippen LogP contribution in [0.3, 0.4) is 0 Å². The molecule has 0 radical (unpaired) electrons. The van der Waals surface area contributed by atoms with Gasteiger partial charge in [-0.3, -0.25) is 14.8 Å². The molecule has 92 valence electrons. The van der Waals surface area contributed by atoms with Gasteiger partial charge in [-0.1, -0.05) is 5.92 Å². The highest BCUT2D eigenvalue weighted by atomic mass is 79.9. The summed E-state index contributed by atoms with van der Waals surface area (Å²) in [5, 5.41) is 6.96. The molecule has 0 saturated heterocycles. The highest BCUT2D eigenvalue weighted by Crippen LogP contribution is 2.16. The van der Waals surface area contributed by atoms with Gasteiger partial charge in [-0.25, -0.2) is 0 Å². The number of methoxy groups -OCH3 is 1. The third kappa shape index (κ3) is 3.97. The third-order valence-corrected chi connectivity index (χ3v) is 2.66. The summed E-state index contributed by atoms with van der Waals surface area (Å²) >= 11 is 3.31. The SMILES string of the molecule is C#CCNCC(=O)c1c(Br)cnn1CCOC. The van der Waals surface area contributed by atoms with Crippen LogP contribution in [0, 0.1) is 12.3 Å². The lowest BCUT2D eigenvalue weighted by Crippen LogP contribution is -2.26. The van der Waals surface area contributed by atoms with Crippen molar-refractivity contribution in [3.05, 3.63) is 16.4 Å². The van der Waals surface area contributed by atoms with Crippen LogP contribution >= 0.6 is 15.9 Å². The number of ether oxygens (including phenoxy) is 1. The minimum atomic E-state index is -0.0549. The number of carbonyl (C=O) groups is 1. The summed E-state index contributed by atoms with van der Waals surface area (Å²) in [5.41, 5.74) is 0.534. The molecule has 0 aliphatic rings. The van der Waals surface area contributed by atoms with Gasteiger partial charge in [0.1, 0.15) is 5.69 Å². The Kier molecular flexibility index (Phi) is 5.91. The molecule has 0 aliphatic carbocycles. The van der Waals surface area contributed by atoms with Gasteiger partial charge in [0.05, 0.1) is 36.9 Å². The maximum absolute atomic E-state index is 11.9. The van der Waals surface area contributed by atoms with E-state index in [-0.39, 0.29) is 12.3 Å². The molecule has 1 aromatic rings. The monoisotopic (exact) mass is 299 g/mol. The van der Waals surface area contributed by atoms with Gasteiger partial charge in [-0.05, 0) is 15.9 Å². The highest BCUT2D eigenvalue weighted by Gasteiger charge is 2.16. The Morgan fingerprint density at radius 2 is 2.53 bits per heavy atom. The van der Waals surface area contributed by atoms with Gasteiger partial charge < -0.3 is 4.74 Å². The maximum Gasteiger partial charge on any atom is 0.195 e. The second-order valence-electron chi connectivity index (χ2n) is 3.29. The summed E-state index contributed by atoms with van der Waals surface area (Å²) in [6, 6.07) is 0. The van der Waals surface area contributed by atoms with Crippen molar-refractivity contribution in [2.75, 3.05) is 26.8 Å². The molecule has 0 fully saturated rings. The number of carbonyl (C=O) groups excluding carboxylic acids is 1. The quantitative estimate of drug-likeness (QED) is 0.457. The lowest BCUT2D eigenvalue weighted by Gasteiger charge is -2.06. The van der Waals surface area contributed by atoms with Crippen LogP contribution in [0.4, 0.5) is 0 Å². The summed E-state index contributed by atoms with van der Waals surface area (Å²) in [7, 11) is 1.61. The van der Waals surface area contributed by atoms with Crippen molar-refractivity contribution in [2.24, 2.45) is 0 Å². The lowest BCUT2D eigenvalue weighted by atomic mass is 10.3. The maximum atomic E-state index is 11.9. The van der Waals surface area contributed by atoms with E-state index in [9.17, 15) is 4.79 Å². The number of nitrogens with one attached hydrogen (secondary N) is 1. The molecule has 5 nitrogen and oxygen atoms in total. The fourth-order valence-corrected chi connectivity index (χ4v) is 1.84. The molecule has 0 spiro atoms. The van der Waals surface area contributed by atoms with Gasteiger partial charge in [0, 0.05) is 7.11 Å². The molecule has 17 heavy (non-hydrogen) atoms. The van der Waals surface area contributed by atoms with Crippen LogP contribution in [0.5, 0.6) is 0 Å². The van der Waals surface area contributed by atoms with E-state index in [1.807, 2.05) is 0 Å². The molecular weight excluding hydrogens is 286 g/mol. The van der Waals surface area contributed by atoms with Gasteiger partial charge in [-0.2, -0.15) is 5.10 Å². The average Bonchev–Trinajstić information content (AvgIpc) is 2.68. The molecular formula is C11H14BrN3O2. The van der Waals surface area contributed by atoms with Crippen molar-refractivity contribution in [1.82, 2.24) is 15.1 Å². The Hall–Kier alpha value is -1.16. The van der Waals surface area contributed by atoms with E-state index in [0.29, 0.717) is 29.9 Å². The van der Waals surface area contributed by atoms with Crippen LogP contribution in [-0.4, -0.2) is 42.4 Å². The van der Waals surface area contributed by atoms with Crippen LogP contribution in [-0.2, 0) is 11.3 Å². The van der Waals surface area contributed by atoms with E-state index in [1.54, 1.807) is 18.0 Å². The van der Waals surface area contributed by atoms with E-state index >= 15 is 0 Å². The predicted molar refractivity (Wildman–Crippen MR) is 67.8 cm³/mol. The summed E-state index contributed by atoms with van der Waals surface area (Å²) in [4.78, 5) is 11.9. The fourth-order valence-electron chi connectivity index (χ4n) is 1.32. The van der Waals surface area contributed by atoms with E-state index in [4.69, 9.17) is 11.2 Å². The predicted octanol–water partition coefficient (Wildman–Crippen LogP) is 0.698. The Balaban J connectivity index is 2.70. The minimum Gasteiger partial charge on any atom is -0.383 e. The number of hydrogen-bond donors (Lipinski definition) is 1. The number of hydrogen-bond acceptors (Lipinski definition) is 4. The van der Waals surface area contributed by atoms with Crippen molar-refractivity contribution in [3.63, 3.8) is 0 Å². The first-order valence-electron chi connectivity index (χ1n) is 5.08. The van der Waals surface area contributed by atoms with Gasteiger partial charge in [0.2, 0.25) is 0 Å². The van der Waals surface area contributed by atoms with Crippen LogP contribution in [0.1, 0.15) is 10.5 Å². The molecule has 6 heteroatoms. The number of nitrogens with zero attached hydrogens (tertiary/aromatic N) is 2. The molecule has 0 amide bonds. The fraction of sp³-hybridized carbons (Fsp3) is 0.455. The molecule has 0 aromatic carbocycles.